The Hall–Kier alpha value is -0.170. The van der Waals surface area contributed by atoms with Crippen LogP contribution in [0.25, 0.3) is 0 Å². The van der Waals surface area contributed by atoms with Crippen molar-refractivity contribution in [1.29, 1.82) is 0 Å². The van der Waals surface area contributed by atoms with Crippen molar-refractivity contribution in [3.63, 3.8) is 0 Å². The van der Waals surface area contributed by atoms with Gasteiger partial charge in [0.2, 0.25) is 0 Å². The van der Waals surface area contributed by atoms with Crippen LogP contribution in [0.3, 0.4) is 0 Å². The first-order chi connectivity index (χ1) is 6.05. The Kier molecular flexibility index (Phi) is 2.31. The number of hydrogen-bond acceptors (Lipinski definition) is 3. The van der Waals surface area contributed by atoms with Crippen molar-refractivity contribution in [2.75, 3.05) is 0 Å². The number of rotatable bonds is 4. The van der Waals surface area contributed by atoms with Gasteiger partial charge in [-0.1, -0.05) is 0 Å². The molecule has 0 spiro atoms. The topological polar surface area (TPSA) is 84.2 Å². The molecule has 13 heavy (non-hydrogen) atoms. The molecule has 6 heteroatoms. The summed E-state index contributed by atoms with van der Waals surface area (Å²) in [6.45, 7) is 0. The molecule has 0 unspecified atom stereocenters. The highest BCUT2D eigenvalue weighted by molar-refractivity contribution is 7.87. The lowest BCUT2D eigenvalue weighted by Gasteiger charge is -2.32. The van der Waals surface area contributed by atoms with Crippen molar-refractivity contribution < 1.29 is 8.42 Å². The molecule has 0 atom stereocenters. The average molecular weight is 205 g/mol. The lowest BCUT2D eigenvalue weighted by atomic mass is 9.89. The van der Waals surface area contributed by atoms with E-state index >= 15 is 0 Å². The van der Waals surface area contributed by atoms with Gasteiger partial charge < -0.3 is 5.73 Å². The van der Waals surface area contributed by atoms with E-state index in [1.165, 1.54) is 0 Å². The second-order valence-corrected chi connectivity index (χ2v) is 5.42. The maximum atomic E-state index is 11.3. The van der Waals surface area contributed by atoms with Crippen LogP contribution in [-0.2, 0) is 10.2 Å². The van der Waals surface area contributed by atoms with E-state index < -0.39 is 10.2 Å². The summed E-state index contributed by atoms with van der Waals surface area (Å²) in [6.07, 6.45) is 3.44. The van der Waals surface area contributed by atoms with Gasteiger partial charge in [0.15, 0.2) is 0 Å². The van der Waals surface area contributed by atoms with Crippen molar-refractivity contribution in [3.05, 3.63) is 0 Å². The predicted molar refractivity (Wildman–Crippen MR) is 49.2 cm³/mol. The lowest BCUT2D eigenvalue weighted by molar-refractivity contribution is 0.326. The van der Waals surface area contributed by atoms with Gasteiger partial charge in [-0.15, -0.1) is 0 Å². The molecule has 0 aromatic carbocycles. The molecular formula is C7H15N3O2S. The first-order valence-electron chi connectivity index (χ1n) is 4.60. The molecule has 0 aromatic rings. The highest BCUT2D eigenvalue weighted by Gasteiger charge is 2.32. The first kappa shape index (κ1) is 9.39. The van der Waals surface area contributed by atoms with E-state index in [4.69, 9.17) is 5.73 Å². The molecule has 2 aliphatic rings. The molecule has 0 saturated heterocycles. The smallest absolute Gasteiger partial charge is 0.277 e. The van der Waals surface area contributed by atoms with Crippen molar-refractivity contribution in [2.45, 2.75) is 43.8 Å². The van der Waals surface area contributed by atoms with E-state index in [-0.39, 0.29) is 18.1 Å². The van der Waals surface area contributed by atoms with Crippen LogP contribution in [0.4, 0.5) is 0 Å². The summed E-state index contributed by atoms with van der Waals surface area (Å²) >= 11 is 0. The number of nitrogens with one attached hydrogen (secondary N) is 2. The van der Waals surface area contributed by atoms with Gasteiger partial charge >= 0.3 is 0 Å². The fourth-order valence-electron chi connectivity index (χ4n) is 1.43. The maximum Gasteiger partial charge on any atom is 0.277 e. The van der Waals surface area contributed by atoms with Gasteiger partial charge in [-0.25, -0.2) is 0 Å². The van der Waals surface area contributed by atoms with Crippen LogP contribution >= 0.6 is 0 Å². The van der Waals surface area contributed by atoms with E-state index in [1.54, 1.807) is 0 Å². The first-order valence-corrected chi connectivity index (χ1v) is 6.08. The maximum absolute atomic E-state index is 11.3. The zero-order chi connectivity index (χ0) is 9.47. The Balaban J connectivity index is 1.78. The summed E-state index contributed by atoms with van der Waals surface area (Å²) in [7, 11) is -3.26. The van der Waals surface area contributed by atoms with E-state index in [1.807, 2.05) is 0 Å². The van der Waals surface area contributed by atoms with Crippen LogP contribution in [-0.4, -0.2) is 26.5 Å². The van der Waals surface area contributed by atoms with Crippen molar-refractivity contribution in [1.82, 2.24) is 9.44 Å². The Bertz CT molecular complexity index is 280. The van der Waals surface area contributed by atoms with Crippen LogP contribution in [0, 0.1) is 0 Å². The summed E-state index contributed by atoms with van der Waals surface area (Å²) in [6, 6.07) is 0.395. The summed E-state index contributed by atoms with van der Waals surface area (Å²) in [4.78, 5) is 0. The molecular weight excluding hydrogens is 190 g/mol. The second-order valence-electron chi connectivity index (χ2n) is 3.94. The van der Waals surface area contributed by atoms with Gasteiger partial charge in [-0.2, -0.15) is 17.9 Å². The molecule has 2 fully saturated rings. The van der Waals surface area contributed by atoms with Gasteiger partial charge in [0.05, 0.1) is 0 Å². The summed E-state index contributed by atoms with van der Waals surface area (Å²) < 4.78 is 27.8. The standard InChI is InChI=1S/C7H15N3O2S/c8-5-3-7(4-5)10-13(11,12)9-6-1-2-6/h5-7,9-10H,1-4,8H2. The zero-order valence-electron chi connectivity index (χ0n) is 7.36. The third kappa shape index (κ3) is 2.63. The summed E-state index contributed by atoms with van der Waals surface area (Å²) in [5.74, 6) is 0. The van der Waals surface area contributed by atoms with Gasteiger partial charge in [-0.05, 0) is 25.7 Å². The highest BCUT2D eigenvalue weighted by Crippen LogP contribution is 2.21. The number of hydrogen-bond donors (Lipinski definition) is 3. The minimum atomic E-state index is -3.26. The summed E-state index contributed by atoms with van der Waals surface area (Å²) in [5.41, 5.74) is 5.55. The lowest BCUT2D eigenvalue weighted by Crippen LogP contribution is -2.53. The quantitative estimate of drug-likeness (QED) is 0.554. The molecule has 4 N–H and O–H groups in total. The fraction of sp³-hybridized carbons (Fsp3) is 1.00. The largest absolute Gasteiger partial charge is 0.328 e. The third-order valence-electron chi connectivity index (χ3n) is 2.40. The molecule has 2 saturated carbocycles. The third-order valence-corrected chi connectivity index (χ3v) is 3.68. The molecule has 2 rings (SSSR count). The molecule has 5 nitrogen and oxygen atoms in total. The van der Waals surface area contributed by atoms with Crippen molar-refractivity contribution in [3.8, 4) is 0 Å². The zero-order valence-corrected chi connectivity index (χ0v) is 8.18. The Morgan fingerprint density at radius 3 is 2.08 bits per heavy atom. The van der Waals surface area contributed by atoms with Crippen molar-refractivity contribution >= 4 is 10.2 Å². The molecule has 2 aliphatic carbocycles. The van der Waals surface area contributed by atoms with Crippen molar-refractivity contribution in [2.24, 2.45) is 5.73 Å². The van der Waals surface area contributed by atoms with Crippen LogP contribution in [0.15, 0.2) is 0 Å². The predicted octanol–water partition coefficient (Wildman–Crippen LogP) is -0.937. The molecule has 76 valence electrons. The second kappa shape index (κ2) is 3.20. The molecule has 0 amide bonds. The molecule has 0 radical (unpaired) electrons. The van der Waals surface area contributed by atoms with E-state index in [0.29, 0.717) is 0 Å². The number of nitrogens with two attached hydrogens (primary N) is 1. The van der Waals surface area contributed by atoms with Gasteiger partial charge in [0, 0.05) is 18.1 Å². The minimum absolute atomic E-state index is 0.0475. The van der Waals surface area contributed by atoms with Crippen LogP contribution in [0.5, 0.6) is 0 Å². The van der Waals surface area contributed by atoms with E-state index in [2.05, 4.69) is 9.44 Å². The highest BCUT2D eigenvalue weighted by atomic mass is 32.2. The minimum Gasteiger partial charge on any atom is -0.328 e. The molecule has 0 aliphatic heterocycles. The molecule has 0 aromatic heterocycles. The van der Waals surface area contributed by atoms with Crippen LogP contribution < -0.4 is 15.2 Å². The van der Waals surface area contributed by atoms with Gasteiger partial charge in [0.25, 0.3) is 10.2 Å². The van der Waals surface area contributed by atoms with E-state index in [9.17, 15) is 8.42 Å². The summed E-state index contributed by atoms with van der Waals surface area (Å²) in [5, 5.41) is 0. The normalized spacial score (nSPS) is 34.2. The Morgan fingerprint density at radius 1 is 1.08 bits per heavy atom. The monoisotopic (exact) mass is 205 g/mol. The van der Waals surface area contributed by atoms with Gasteiger partial charge in [-0.3, -0.25) is 0 Å². The Morgan fingerprint density at radius 2 is 1.62 bits per heavy atom. The molecule has 0 heterocycles. The van der Waals surface area contributed by atoms with Crippen LogP contribution in [0.1, 0.15) is 25.7 Å². The average Bonchev–Trinajstić information content (AvgIpc) is 2.66. The van der Waals surface area contributed by atoms with Crippen LogP contribution in [0.2, 0.25) is 0 Å². The Labute approximate surface area is 78.3 Å². The van der Waals surface area contributed by atoms with E-state index in [0.717, 1.165) is 25.7 Å². The fourth-order valence-corrected chi connectivity index (χ4v) is 2.81. The van der Waals surface area contributed by atoms with Gasteiger partial charge in [0.1, 0.15) is 0 Å². The molecule has 0 bridgehead atoms. The SMILES string of the molecule is NC1CC(NS(=O)(=O)NC2CC2)C1.